The van der Waals surface area contributed by atoms with Crippen LogP contribution in [0.3, 0.4) is 0 Å². The van der Waals surface area contributed by atoms with Crippen LogP contribution in [0.1, 0.15) is 23.1 Å². The summed E-state index contributed by atoms with van der Waals surface area (Å²) in [5.74, 6) is -0.880. The zero-order chi connectivity index (χ0) is 17.1. The topological polar surface area (TPSA) is 49.4 Å². The summed E-state index contributed by atoms with van der Waals surface area (Å²) in [5.41, 5.74) is 4.25. The van der Waals surface area contributed by atoms with Gasteiger partial charge in [-0.05, 0) is 43.5 Å². The Kier molecular flexibility index (Phi) is 4.65. The molecule has 0 aromatic heterocycles. The molecule has 2 amide bonds. The molecule has 4 heteroatoms. The summed E-state index contributed by atoms with van der Waals surface area (Å²) >= 11 is 0. The molecule has 1 saturated heterocycles. The van der Waals surface area contributed by atoms with E-state index >= 15 is 0 Å². The number of amides is 2. The number of hydrogen-bond donors (Lipinski definition) is 1. The van der Waals surface area contributed by atoms with E-state index in [9.17, 15) is 9.59 Å². The molecule has 0 aliphatic carbocycles. The van der Waals surface area contributed by atoms with Crippen molar-refractivity contribution in [2.24, 2.45) is 5.92 Å². The molecule has 1 aliphatic rings. The van der Waals surface area contributed by atoms with Crippen LogP contribution in [0, 0.1) is 19.8 Å². The number of para-hydroxylation sites is 1. The molecule has 0 unspecified atom stereocenters. The zero-order valence-corrected chi connectivity index (χ0v) is 14.1. The van der Waals surface area contributed by atoms with Gasteiger partial charge in [0.15, 0.2) is 0 Å². The summed E-state index contributed by atoms with van der Waals surface area (Å²) in [5, 5.41) is 2.92. The molecule has 24 heavy (non-hydrogen) atoms. The van der Waals surface area contributed by atoms with Crippen LogP contribution in [0.5, 0.6) is 0 Å². The highest BCUT2D eigenvalue weighted by Gasteiger charge is 2.37. The lowest BCUT2D eigenvalue weighted by molar-refractivity contribution is -0.132. The largest absolute Gasteiger partial charge is 0.351 e. The van der Waals surface area contributed by atoms with E-state index in [1.165, 1.54) is 0 Å². The van der Waals surface area contributed by atoms with Crippen LogP contribution in [0.2, 0.25) is 0 Å². The molecular formula is C20H22N2O2. The van der Waals surface area contributed by atoms with Gasteiger partial charge < -0.3 is 10.2 Å². The Balaban J connectivity index is 1.64. The normalized spacial score (nSPS) is 17.2. The lowest BCUT2D eigenvalue weighted by atomic mass is 10.0. The van der Waals surface area contributed by atoms with Crippen molar-refractivity contribution in [3.8, 4) is 0 Å². The van der Waals surface area contributed by atoms with E-state index in [4.69, 9.17) is 0 Å². The van der Waals surface area contributed by atoms with Gasteiger partial charge in [-0.15, -0.1) is 0 Å². The number of hydrogen-bond acceptors (Lipinski definition) is 2. The van der Waals surface area contributed by atoms with E-state index < -0.39 is 5.92 Å². The molecule has 4 nitrogen and oxygen atoms in total. The maximum Gasteiger partial charge on any atom is 0.239 e. The smallest absolute Gasteiger partial charge is 0.239 e. The fourth-order valence-electron chi connectivity index (χ4n) is 3.08. The molecule has 0 saturated carbocycles. The Bertz CT molecular complexity index is 755. The van der Waals surface area contributed by atoms with E-state index in [-0.39, 0.29) is 11.8 Å². The first-order valence-corrected chi connectivity index (χ1v) is 8.26. The molecule has 2 aromatic rings. The first kappa shape index (κ1) is 16.2. The SMILES string of the molecule is Cc1ccc(C)c(CNC(=O)[C@@H]2CCN(c3ccccc3)C2=O)c1. The number of anilines is 1. The monoisotopic (exact) mass is 322 g/mol. The predicted molar refractivity (Wildman–Crippen MR) is 94.7 cm³/mol. The van der Waals surface area contributed by atoms with E-state index in [1.807, 2.05) is 44.2 Å². The van der Waals surface area contributed by atoms with Gasteiger partial charge >= 0.3 is 0 Å². The minimum Gasteiger partial charge on any atom is -0.351 e. The molecule has 1 atom stereocenters. The number of carbonyl (C=O) groups is 2. The van der Waals surface area contributed by atoms with Crippen molar-refractivity contribution < 1.29 is 9.59 Å². The van der Waals surface area contributed by atoms with Crippen molar-refractivity contribution in [1.29, 1.82) is 0 Å². The Morgan fingerprint density at radius 1 is 1.17 bits per heavy atom. The number of nitrogens with one attached hydrogen (secondary N) is 1. The Morgan fingerprint density at radius 2 is 1.92 bits per heavy atom. The Labute approximate surface area is 142 Å². The number of aryl methyl sites for hydroxylation is 2. The van der Waals surface area contributed by atoms with Gasteiger partial charge in [-0.2, -0.15) is 0 Å². The minimum atomic E-state index is -0.588. The molecule has 1 fully saturated rings. The molecule has 0 bridgehead atoms. The average molecular weight is 322 g/mol. The number of nitrogens with zero attached hydrogens (tertiary/aromatic N) is 1. The highest BCUT2D eigenvalue weighted by Crippen LogP contribution is 2.25. The second kappa shape index (κ2) is 6.87. The van der Waals surface area contributed by atoms with Gasteiger partial charge in [-0.1, -0.05) is 42.0 Å². The van der Waals surface area contributed by atoms with Crippen LogP contribution >= 0.6 is 0 Å². The lowest BCUT2D eigenvalue weighted by Gasteiger charge is -2.16. The molecular weight excluding hydrogens is 300 g/mol. The van der Waals surface area contributed by atoms with Gasteiger partial charge in [0.1, 0.15) is 5.92 Å². The molecule has 0 radical (unpaired) electrons. The second-order valence-corrected chi connectivity index (χ2v) is 6.31. The van der Waals surface area contributed by atoms with Crippen molar-refractivity contribution in [3.05, 3.63) is 65.2 Å². The molecule has 1 N–H and O–H groups in total. The summed E-state index contributed by atoms with van der Waals surface area (Å²) < 4.78 is 0. The molecule has 1 aliphatic heterocycles. The number of benzene rings is 2. The quantitative estimate of drug-likeness (QED) is 0.880. The van der Waals surface area contributed by atoms with Crippen LogP contribution in [0.25, 0.3) is 0 Å². The predicted octanol–water partition coefficient (Wildman–Crippen LogP) is 2.97. The third-order valence-electron chi connectivity index (χ3n) is 4.55. The number of rotatable bonds is 4. The van der Waals surface area contributed by atoms with E-state index in [1.54, 1.807) is 4.90 Å². The van der Waals surface area contributed by atoms with Gasteiger partial charge in [0.25, 0.3) is 0 Å². The maximum atomic E-state index is 12.5. The van der Waals surface area contributed by atoms with Crippen molar-refractivity contribution in [3.63, 3.8) is 0 Å². The summed E-state index contributed by atoms with van der Waals surface area (Å²) in [6, 6.07) is 15.7. The van der Waals surface area contributed by atoms with Crippen LogP contribution in [-0.4, -0.2) is 18.4 Å². The Hall–Kier alpha value is -2.62. The fourth-order valence-corrected chi connectivity index (χ4v) is 3.08. The van der Waals surface area contributed by atoms with Gasteiger partial charge in [0, 0.05) is 18.8 Å². The molecule has 3 rings (SSSR count). The molecule has 124 valence electrons. The molecule has 2 aromatic carbocycles. The third kappa shape index (κ3) is 3.32. The molecule has 0 spiro atoms. The second-order valence-electron chi connectivity index (χ2n) is 6.31. The summed E-state index contributed by atoms with van der Waals surface area (Å²) in [6.07, 6.45) is 0.562. The summed E-state index contributed by atoms with van der Waals surface area (Å²) in [4.78, 5) is 26.7. The van der Waals surface area contributed by atoms with Gasteiger partial charge in [0.05, 0.1) is 0 Å². The molecule has 1 heterocycles. The Morgan fingerprint density at radius 3 is 2.67 bits per heavy atom. The van der Waals surface area contributed by atoms with Gasteiger partial charge in [0.2, 0.25) is 11.8 Å². The van der Waals surface area contributed by atoms with Gasteiger partial charge in [-0.3, -0.25) is 9.59 Å². The van der Waals surface area contributed by atoms with Crippen molar-refractivity contribution >= 4 is 17.5 Å². The van der Waals surface area contributed by atoms with Crippen LogP contribution in [0.15, 0.2) is 48.5 Å². The highest BCUT2D eigenvalue weighted by molar-refractivity contribution is 6.09. The first-order valence-electron chi connectivity index (χ1n) is 8.26. The zero-order valence-electron chi connectivity index (χ0n) is 14.1. The van der Waals surface area contributed by atoms with E-state index in [2.05, 4.69) is 23.5 Å². The summed E-state index contributed by atoms with van der Waals surface area (Å²) in [6.45, 7) is 5.10. The number of carbonyl (C=O) groups excluding carboxylic acids is 2. The van der Waals surface area contributed by atoms with Crippen LogP contribution in [-0.2, 0) is 16.1 Å². The van der Waals surface area contributed by atoms with Crippen molar-refractivity contribution in [1.82, 2.24) is 5.32 Å². The van der Waals surface area contributed by atoms with Crippen molar-refractivity contribution in [2.75, 3.05) is 11.4 Å². The first-order chi connectivity index (χ1) is 11.6. The van der Waals surface area contributed by atoms with Crippen LogP contribution < -0.4 is 10.2 Å². The highest BCUT2D eigenvalue weighted by atomic mass is 16.2. The fraction of sp³-hybridized carbons (Fsp3) is 0.300. The maximum absolute atomic E-state index is 12.5. The standard InChI is InChI=1S/C20H22N2O2/c1-14-8-9-15(2)16(12-14)13-21-19(23)18-10-11-22(20(18)24)17-6-4-3-5-7-17/h3-9,12,18H,10-11,13H2,1-2H3,(H,21,23)/t18-/m0/s1. The third-order valence-corrected chi connectivity index (χ3v) is 4.55. The van der Waals surface area contributed by atoms with Crippen LogP contribution in [0.4, 0.5) is 5.69 Å². The lowest BCUT2D eigenvalue weighted by Crippen LogP contribution is -2.36. The minimum absolute atomic E-state index is 0.111. The van der Waals surface area contributed by atoms with Crippen molar-refractivity contribution in [2.45, 2.75) is 26.8 Å². The van der Waals surface area contributed by atoms with E-state index in [0.29, 0.717) is 19.5 Å². The average Bonchev–Trinajstić information content (AvgIpc) is 2.98. The van der Waals surface area contributed by atoms with E-state index in [0.717, 1.165) is 22.4 Å². The summed E-state index contributed by atoms with van der Waals surface area (Å²) in [7, 11) is 0. The van der Waals surface area contributed by atoms with Gasteiger partial charge in [-0.25, -0.2) is 0 Å².